The van der Waals surface area contributed by atoms with Crippen LogP contribution in [0.2, 0.25) is 0 Å². The number of halogens is 1. The number of pyridine rings is 1. The fourth-order valence-corrected chi connectivity index (χ4v) is 2.90. The molecule has 0 unspecified atom stereocenters. The Bertz CT molecular complexity index is 1150. The first-order valence-electron chi connectivity index (χ1n) is 7.83. The number of aryl methyl sites for hydroxylation is 1. The van der Waals surface area contributed by atoms with E-state index in [0.29, 0.717) is 16.5 Å². The molecule has 4 aromatic rings. The van der Waals surface area contributed by atoms with E-state index < -0.39 is 0 Å². The molecule has 0 saturated heterocycles. The third-order valence-corrected chi connectivity index (χ3v) is 4.19. The third kappa shape index (κ3) is 2.70. The molecule has 0 radical (unpaired) electrons. The number of aromatic amines is 1. The molecule has 0 spiro atoms. The molecule has 0 aliphatic rings. The molecular formula is C20H14FN3O. The highest BCUT2D eigenvalue weighted by atomic mass is 19.1. The Morgan fingerprint density at radius 2 is 1.84 bits per heavy atom. The summed E-state index contributed by atoms with van der Waals surface area (Å²) in [6, 6.07) is 14.2. The van der Waals surface area contributed by atoms with E-state index in [1.165, 1.54) is 12.4 Å². The van der Waals surface area contributed by atoms with Crippen LogP contribution in [0.4, 0.5) is 4.39 Å². The van der Waals surface area contributed by atoms with E-state index in [2.05, 4.69) is 15.0 Å². The lowest BCUT2D eigenvalue weighted by molar-refractivity contribution is 0.619. The van der Waals surface area contributed by atoms with Gasteiger partial charge in [-0.1, -0.05) is 12.1 Å². The average molecular weight is 331 g/mol. The maximum atomic E-state index is 13.6. The van der Waals surface area contributed by atoms with Gasteiger partial charge in [0.15, 0.2) is 0 Å². The van der Waals surface area contributed by atoms with Crippen molar-refractivity contribution in [1.29, 1.82) is 0 Å². The van der Waals surface area contributed by atoms with Crippen LogP contribution < -0.4 is 5.56 Å². The number of rotatable bonds is 2. The SMILES string of the molecule is Cc1cc(-c2ncccc2-c2ccc3c(=O)[nH]cnc3c2)ccc1F. The van der Waals surface area contributed by atoms with Crippen molar-refractivity contribution in [1.82, 2.24) is 15.0 Å². The van der Waals surface area contributed by atoms with Gasteiger partial charge >= 0.3 is 0 Å². The summed E-state index contributed by atoms with van der Waals surface area (Å²) in [5.74, 6) is -0.240. The van der Waals surface area contributed by atoms with E-state index in [4.69, 9.17) is 0 Å². The second-order valence-electron chi connectivity index (χ2n) is 5.83. The number of benzene rings is 2. The molecule has 0 aliphatic heterocycles. The number of aromatic nitrogens is 3. The number of H-pyrrole nitrogens is 1. The highest BCUT2D eigenvalue weighted by Gasteiger charge is 2.11. The van der Waals surface area contributed by atoms with Crippen LogP contribution in [0.25, 0.3) is 33.3 Å². The van der Waals surface area contributed by atoms with Crippen molar-refractivity contribution in [3.05, 3.63) is 82.8 Å². The molecule has 25 heavy (non-hydrogen) atoms. The van der Waals surface area contributed by atoms with Crippen molar-refractivity contribution >= 4 is 10.9 Å². The third-order valence-electron chi connectivity index (χ3n) is 4.19. The lowest BCUT2D eigenvalue weighted by Gasteiger charge is -2.10. The summed E-state index contributed by atoms with van der Waals surface area (Å²) in [6.45, 7) is 1.73. The van der Waals surface area contributed by atoms with Crippen molar-refractivity contribution in [3.8, 4) is 22.4 Å². The lowest BCUT2D eigenvalue weighted by atomic mass is 9.97. The summed E-state index contributed by atoms with van der Waals surface area (Å²) in [6.07, 6.45) is 3.10. The zero-order valence-electron chi connectivity index (χ0n) is 13.5. The number of hydrogen-bond donors (Lipinski definition) is 1. The highest BCUT2D eigenvalue weighted by molar-refractivity contribution is 5.87. The Balaban J connectivity index is 1.92. The normalized spacial score (nSPS) is 11.0. The van der Waals surface area contributed by atoms with Crippen molar-refractivity contribution in [2.24, 2.45) is 0 Å². The van der Waals surface area contributed by atoms with Gasteiger partial charge in [-0.3, -0.25) is 9.78 Å². The van der Waals surface area contributed by atoms with Crippen LogP contribution in [-0.2, 0) is 0 Å². The first kappa shape index (κ1) is 15.2. The van der Waals surface area contributed by atoms with Crippen molar-refractivity contribution in [2.75, 3.05) is 0 Å². The molecule has 2 aromatic heterocycles. The molecular weight excluding hydrogens is 317 g/mol. The molecule has 2 heterocycles. The standard InChI is InChI=1S/C20H14FN3O/c1-12-9-14(5-7-17(12)21)19-15(3-2-8-22-19)13-4-6-16-18(10-13)23-11-24-20(16)25/h2-11H,1H3,(H,23,24,25). The van der Waals surface area contributed by atoms with Crippen LogP contribution in [0.5, 0.6) is 0 Å². The molecule has 1 N–H and O–H groups in total. The zero-order chi connectivity index (χ0) is 17.4. The fourth-order valence-electron chi connectivity index (χ4n) is 2.90. The Kier molecular flexibility index (Phi) is 3.61. The van der Waals surface area contributed by atoms with Crippen LogP contribution in [-0.4, -0.2) is 15.0 Å². The van der Waals surface area contributed by atoms with Gasteiger partial charge in [-0.05, 0) is 54.4 Å². The quantitative estimate of drug-likeness (QED) is 0.601. The molecule has 0 aliphatic carbocycles. The van der Waals surface area contributed by atoms with Gasteiger partial charge < -0.3 is 4.98 Å². The molecule has 0 bridgehead atoms. The van der Waals surface area contributed by atoms with E-state index in [0.717, 1.165) is 22.4 Å². The predicted octanol–water partition coefficient (Wildman–Crippen LogP) is 4.10. The maximum absolute atomic E-state index is 13.6. The van der Waals surface area contributed by atoms with Gasteiger partial charge in [-0.15, -0.1) is 0 Å². The van der Waals surface area contributed by atoms with Gasteiger partial charge in [0.1, 0.15) is 5.82 Å². The largest absolute Gasteiger partial charge is 0.313 e. The van der Waals surface area contributed by atoms with E-state index in [1.807, 2.05) is 24.3 Å². The molecule has 0 fully saturated rings. The van der Waals surface area contributed by atoms with Crippen LogP contribution in [0.3, 0.4) is 0 Å². The topological polar surface area (TPSA) is 58.6 Å². The Labute approximate surface area is 143 Å². The smallest absolute Gasteiger partial charge is 0.258 e. The highest BCUT2D eigenvalue weighted by Crippen LogP contribution is 2.31. The first-order valence-corrected chi connectivity index (χ1v) is 7.83. The molecule has 5 heteroatoms. The van der Waals surface area contributed by atoms with E-state index in [9.17, 15) is 9.18 Å². The van der Waals surface area contributed by atoms with E-state index in [1.54, 1.807) is 31.3 Å². The Morgan fingerprint density at radius 3 is 2.68 bits per heavy atom. The van der Waals surface area contributed by atoms with E-state index in [-0.39, 0.29) is 11.4 Å². The molecule has 4 rings (SSSR count). The van der Waals surface area contributed by atoms with Gasteiger partial charge in [0.2, 0.25) is 0 Å². The fraction of sp³-hybridized carbons (Fsp3) is 0.0500. The van der Waals surface area contributed by atoms with Gasteiger partial charge in [0.05, 0.1) is 22.9 Å². The Hall–Kier alpha value is -3.34. The first-order chi connectivity index (χ1) is 12.1. The molecule has 0 atom stereocenters. The van der Waals surface area contributed by atoms with Crippen molar-refractivity contribution < 1.29 is 4.39 Å². The summed E-state index contributed by atoms with van der Waals surface area (Å²) in [5.41, 5.74) is 4.42. The van der Waals surface area contributed by atoms with Crippen LogP contribution in [0.1, 0.15) is 5.56 Å². The Morgan fingerprint density at radius 1 is 1.00 bits per heavy atom. The summed E-state index contributed by atoms with van der Waals surface area (Å²) < 4.78 is 13.6. The predicted molar refractivity (Wildman–Crippen MR) is 95.7 cm³/mol. The lowest BCUT2D eigenvalue weighted by Crippen LogP contribution is -2.05. The second-order valence-corrected chi connectivity index (χ2v) is 5.83. The maximum Gasteiger partial charge on any atom is 0.258 e. The molecule has 0 amide bonds. The molecule has 2 aromatic carbocycles. The van der Waals surface area contributed by atoms with Gasteiger partial charge in [0.25, 0.3) is 5.56 Å². The molecule has 4 nitrogen and oxygen atoms in total. The van der Waals surface area contributed by atoms with Gasteiger partial charge in [-0.2, -0.15) is 0 Å². The van der Waals surface area contributed by atoms with Crippen LogP contribution in [0, 0.1) is 12.7 Å². The van der Waals surface area contributed by atoms with E-state index >= 15 is 0 Å². The number of nitrogens with one attached hydrogen (secondary N) is 1. The zero-order valence-corrected chi connectivity index (χ0v) is 13.5. The van der Waals surface area contributed by atoms with Crippen LogP contribution in [0.15, 0.2) is 65.8 Å². The van der Waals surface area contributed by atoms with Crippen LogP contribution >= 0.6 is 0 Å². The second kappa shape index (κ2) is 5.94. The minimum atomic E-state index is -0.240. The van der Waals surface area contributed by atoms with Gasteiger partial charge in [0, 0.05) is 17.3 Å². The summed E-state index contributed by atoms with van der Waals surface area (Å²) in [7, 11) is 0. The minimum absolute atomic E-state index is 0.169. The summed E-state index contributed by atoms with van der Waals surface area (Å²) in [5, 5.41) is 0.536. The number of nitrogens with zero attached hydrogens (tertiary/aromatic N) is 2. The average Bonchev–Trinajstić information content (AvgIpc) is 2.64. The summed E-state index contributed by atoms with van der Waals surface area (Å²) >= 11 is 0. The molecule has 0 saturated carbocycles. The monoisotopic (exact) mass is 331 g/mol. The number of fused-ring (bicyclic) bond motifs is 1. The van der Waals surface area contributed by atoms with Crippen molar-refractivity contribution in [3.63, 3.8) is 0 Å². The van der Waals surface area contributed by atoms with Gasteiger partial charge in [-0.25, -0.2) is 9.37 Å². The number of hydrogen-bond acceptors (Lipinski definition) is 3. The van der Waals surface area contributed by atoms with Crippen molar-refractivity contribution in [2.45, 2.75) is 6.92 Å². The minimum Gasteiger partial charge on any atom is -0.313 e. The molecule has 122 valence electrons. The summed E-state index contributed by atoms with van der Waals surface area (Å²) in [4.78, 5) is 23.1.